The van der Waals surface area contributed by atoms with E-state index in [9.17, 15) is 14.9 Å². The summed E-state index contributed by atoms with van der Waals surface area (Å²) in [5, 5.41) is 10.7. The van der Waals surface area contributed by atoms with E-state index in [0.29, 0.717) is 24.7 Å². The van der Waals surface area contributed by atoms with Crippen molar-refractivity contribution in [1.29, 1.82) is 0 Å². The molecule has 0 aromatic carbocycles. The van der Waals surface area contributed by atoms with E-state index in [1.807, 2.05) is 6.92 Å². The summed E-state index contributed by atoms with van der Waals surface area (Å²) in [6.07, 6.45) is 2.15. The molecule has 100 valence electrons. The molecule has 1 heterocycles. The summed E-state index contributed by atoms with van der Waals surface area (Å²) in [5.74, 6) is 0.117. The zero-order chi connectivity index (χ0) is 13.7. The predicted octanol–water partition coefficient (Wildman–Crippen LogP) is 2.02. The lowest BCUT2D eigenvalue weighted by Gasteiger charge is -2.20. The van der Waals surface area contributed by atoms with E-state index in [1.165, 1.54) is 16.8 Å². The minimum absolute atomic E-state index is 0.0804. The number of aromatic nitrogens is 1. The van der Waals surface area contributed by atoms with Crippen molar-refractivity contribution in [1.82, 2.24) is 9.47 Å². The van der Waals surface area contributed by atoms with E-state index in [1.54, 1.807) is 11.9 Å². The summed E-state index contributed by atoms with van der Waals surface area (Å²) in [6.45, 7) is 2.99. The highest BCUT2D eigenvalue weighted by Gasteiger charge is 2.21. The van der Waals surface area contributed by atoms with Crippen molar-refractivity contribution in [3.05, 3.63) is 28.1 Å². The number of halogens is 1. The van der Waals surface area contributed by atoms with Gasteiger partial charge in [-0.25, -0.2) is 0 Å². The Bertz CT molecular complexity index is 439. The lowest BCUT2D eigenvalue weighted by atomic mass is 10.3. The molecule has 0 radical (unpaired) electrons. The summed E-state index contributed by atoms with van der Waals surface area (Å²) in [6, 6.07) is 1.29. The number of alkyl halides is 1. The summed E-state index contributed by atoms with van der Waals surface area (Å²) in [4.78, 5) is 24.0. The van der Waals surface area contributed by atoms with Crippen molar-refractivity contribution in [2.24, 2.45) is 7.05 Å². The second-order valence-corrected chi connectivity index (χ2v) is 4.31. The van der Waals surface area contributed by atoms with Gasteiger partial charge in [0.15, 0.2) is 0 Å². The van der Waals surface area contributed by atoms with Crippen LogP contribution in [-0.2, 0) is 7.05 Å². The molecule has 6 nitrogen and oxygen atoms in total. The topological polar surface area (TPSA) is 68.4 Å². The van der Waals surface area contributed by atoms with Crippen LogP contribution in [0.5, 0.6) is 0 Å². The molecule has 0 unspecified atom stereocenters. The molecule has 0 N–H and O–H groups in total. The number of carbonyl (C=O) groups excluding carboxylic acids is 1. The maximum atomic E-state index is 12.2. The lowest BCUT2D eigenvalue weighted by molar-refractivity contribution is -0.384. The van der Waals surface area contributed by atoms with Crippen molar-refractivity contribution >= 4 is 23.2 Å². The SMILES string of the molecule is CCCN(CCCl)C(=O)c1cc([N+](=O)[O-])cn1C. The molecule has 0 bridgehead atoms. The quantitative estimate of drug-likeness (QED) is 0.452. The molecule has 0 saturated carbocycles. The van der Waals surface area contributed by atoms with E-state index in [4.69, 9.17) is 11.6 Å². The van der Waals surface area contributed by atoms with Crippen molar-refractivity contribution < 1.29 is 9.72 Å². The fourth-order valence-electron chi connectivity index (χ4n) is 1.71. The highest BCUT2D eigenvalue weighted by molar-refractivity contribution is 6.18. The van der Waals surface area contributed by atoms with Crippen LogP contribution >= 0.6 is 11.6 Å². The first-order valence-corrected chi connectivity index (χ1v) is 6.20. The molecule has 0 aliphatic heterocycles. The second-order valence-electron chi connectivity index (χ2n) is 3.93. The van der Waals surface area contributed by atoms with E-state index in [-0.39, 0.29) is 11.6 Å². The summed E-state index contributed by atoms with van der Waals surface area (Å²) in [5.41, 5.74) is 0.225. The number of hydrogen-bond donors (Lipinski definition) is 0. The predicted molar refractivity (Wildman–Crippen MR) is 69.0 cm³/mol. The summed E-state index contributed by atoms with van der Waals surface area (Å²) in [7, 11) is 1.62. The van der Waals surface area contributed by atoms with Crippen LogP contribution in [0.1, 0.15) is 23.8 Å². The minimum Gasteiger partial charge on any atom is -0.340 e. The molecule has 0 saturated heterocycles. The molecule has 18 heavy (non-hydrogen) atoms. The van der Waals surface area contributed by atoms with Gasteiger partial charge in [0.25, 0.3) is 11.6 Å². The first-order valence-electron chi connectivity index (χ1n) is 5.67. The van der Waals surface area contributed by atoms with Crippen molar-refractivity contribution in [2.45, 2.75) is 13.3 Å². The second kappa shape index (κ2) is 6.39. The van der Waals surface area contributed by atoms with E-state index in [0.717, 1.165) is 6.42 Å². The molecular weight excluding hydrogens is 258 g/mol. The maximum Gasteiger partial charge on any atom is 0.287 e. The summed E-state index contributed by atoms with van der Waals surface area (Å²) >= 11 is 5.65. The number of amides is 1. The maximum absolute atomic E-state index is 12.2. The van der Waals surface area contributed by atoms with Crippen LogP contribution in [0.25, 0.3) is 0 Å². The zero-order valence-electron chi connectivity index (χ0n) is 10.4. The Morgan fingerprint density at radius 3 is 2.67 bits per heavy atom. The zero-order valence-corrected chi connectivity index (χ0v) is 11.2. The lowest BCUT2D eigenvalue weighted by Crippen LogP contribution is -2.34. The van der Waals surface area contributed by atoms with Gasteiger partial charge in [0.05, 0.1) is 11.1 Å². The molecule has 1 amide bonds. The van der Waals surface area contributed by atoms with Gasteiger partial charge >= 0.3 is 0 Å². The van der Waals surface area contributed by atoms with Gasteiger partial charge in [0.1, 0.15) is 5.69 Å². The van der Waals surface area contributed by atoms with Gasteiger partial charge in [-0.05, 0) is 6.42 Å². The van der Waals surface area contributed by atoms with Crippen LogP contribution in [0.15, 0.2) is 12.3 Å². The van der Waals surface area contributed by atoms with Crippen molar-refractivity contribution in [2.75, 3.05) is 19.0 Å². The van der Waals surface area contributed by atoms with Gasteiger partial charge in [0, 0.05) is 32.1 Å². The molecule has 1 aromatic rings. The average molecular weight is 274 g/mol. The standard InChI is InChI=1S/C11H16ClN3O3/c1-3-5-14(6-4-12)11(16)10-7-9(15(17)18)8-13(10)2/h7-8H,3-6H2,1-2H3. The third-order valence-electron chi connectivity index (χ3n) is 2.56. The highest BCUT2D eigenvalue weighted by atomic mass is 35.5. The van der Waals surface area contributed by atoms with Gasteiger partial charge in [-0.2, -0.15) is 0 Å². The van der Waals surface area contributed by atoms with Crippen molar-refractivity contribution in [3.63, 3.8) is 0 Å². The number of hydrogen-bond acceptors (Lipinski definition) is 3. The number of nitrogens with zero attached hydrogens (tertiary/aromatic N) is 3. The van der Waals surface area contributed by atoms with Crippen molar-refractivity contribution in [3.8, 4) is 0 Å². The minimum atomic E-state index is -0.511. The normalized spacial score (nSPS) is 10.4. The average Bonchev–Trinajstić information content (AvgIpc) is 2.70. The number of rotatable bonds is 6. The van der Waals surface area contributed by atoms with Gasteiger partial charge in [-0.3, -0.25) is 14.9 Å². The Kier molecular flexibility index (Phi) is 5.15. The number of carbonyl (C=O) groups is 1. The number of nitro groups is 1. The van der Waals surface area contributed by atoms with Gasteiger partial charge in [-0.15, -0.1) is 11.6 Å². The van der Waals surface area contributed by atoms with E-state index < -0.39 is 4.92 Å². The summed E-state index contributed by atoms with van der Waals surface area (Å²) < 4.78 is 1.47. The first kappa shape index (κ1) is 14.5. The monoisotopic (exact) mass is 273 g/mol. The smallest absolute Gasteiger partial charge is 0.287 e. The van der Waals surface area contributed by atoms with Crippen LogP contribution in [0.4, 0.5) is 5.69 Å². The highest BCUT2D eigenvalue weighted by Crippen LogP contribution is 2.17. The van der Waals surface area contributed by atoms with Crippen LogP contribution < -0.4 is 0 Å². The van der Waals surface area contributed by atoms with Crippen LogP contribution in [0.3, 0.4) is 0 Å². The number of aryl methyl sites for hydroxylation is 1. The molecule has 0 atom stereocenters. The molecular formula is C11H16ClN3O3. The largest absolute Gasteiger partial charge is 0.340 e. The third kappa shape index (κ3) is 3.22. The Morgan fingerprint density at radius 1 is 1.56 bits per heavy atom. The van der Waals surface area contributed by atoms with Crippen LogP contribution in [0.2, 0.25) is 0 Å². The molecule has 0 spiro atoms. The van der Waals surface area contributed by atoms with Crippen LogP contribution in [0, 0.1) is 10.1 Å². The van der Waals surface area contributed by atoms with E-state index in [2.05, 4.69) is 0 Å². The molecule has 7 heteroatoms. The Labute approximate surface area is 110 Å². The Morgan fingerprint density at radius 2 is 2.22 bits per heavy atom. The van der Waals surface area contributed by atoms with Gasteiger partial charge < -0.3 is 9.47 Å². The fourth-order valence-corrected chi connectivity index (χ4v) is 1.91. The van der Waals surface area contributed by atoms with Gasteiger partial charge in [-0.1, -0.05) is 6.92 Å². The van der Waals surface area contributed by atoms with Crippen LogP contribution in [-0.4, -0.2) is 39.3 Å². The Balaban J connectivity index is 2.97. The molecule has 0 aliphatic rings. The van der Waals surface area contributed by atoms with Gasteiger partial charge in [0.2, 0.25) is 0 Å². The molecule has 1 rings (SSSR count). The third-order valence-corrected chi connectivity index (χ3v) is 2.72. The molecule has 1 aromatic heterocycles. The Hall–Kier alpha value is -1.56. The molecule has 0 fully saturated rings. The molecule has 0 aliphatic carbocycles. The fraction of sp³-hybridized carbons (Fsp3) is 0.545. The van der Waals surface area contributed by atoms with E-state index >= 15 is 0 Å². The first-order chi connectivity index (χ1) is 8.51.